The highest BCUT2D eigenvalue weighted by Crippen LogP contribution is 2.26. The van der Waals surface area contributed by atoms with Gasteiger partial charge in [0.15, 0.2) is 5.82 Å². The van der Waals surface area contributed by atoms with Crippen LogP contribution in [0.3, 0.4) is 0 Å². The Kier molecular flexibility index (Phi) is 4.84. The quantitative estimate of drug-likeness (QED) is 0.875. The van der Waals surface area contributed by atoms with E-state index >= 15 is 0 Å². The van der Waals surface area contributed by atoms with Gasteiger partial charge in [0.25, 0.3) is 0 Å². The lowest BCUT2D eigenvalue weighted by atomic mass is 10.1. The highest BCUT2D eigenvalue weighted by Gasteiger charge is 2.33. The smallest absolute Gasteiger partial charge is 0.220 e. The van der Waals surface area contributed by atoms with Crippen LogP contribution in [-0.4, -0.2) is 33.7 Å². The molecular weight excluding hydrogens is 318 g/mol. The van der Waals surface area contributed by atoms with Gasteiger partial charge in [-0.1, -0.05) is 0 Å². The van der Waals surface area contributed by atoms with E-state index in [1.54, 1.807) is 6.92 Å². The number of hydrogen-bond donors (Lipinski definition) is 2. The molecule has 1 aliphatic rings. The lowest BCUT2D eigenvalue weighted by Crippen LogP contribution is -2.37. The summed E-state index contributed by atoms with van der Waals surface area (Å²) in [6.07, 6.45) is 0.451. The average molecular weight is 336 g/mol. The molecule has 1 saturated heterocycles. The van der Waals surface area contributed by atoms with E-state index in [1.165, 1.54) is 0 Å². The van der Waals surface area contributed by atoms with Crippen LogP contribution in [0.15, 0.2) is 18.2 Å². The molecule has 1 fully saturated rings. The maximum atomic E-state index is 13.6. The van der Waals surface area contributed by atoms with Gasteiger partial charge in [-0.05, 0) is 43.5 Å². The van der Waals surface area contributed by atoms with Crippen LogP contribution in [0.2, 0.25) is 0 Å². The Labute approximate surface area is 137 Å². The van der Waals surface area contributed by atoms with E-state index in [1.807, 2.05) is 0 Å². The summed E-state index contributed by atoms with van der Waals surface area (Å²) in [7, 11) is 0. The van der Waals surface area contributed by atoms with Crippen LogP contribution in [0.25, 0.3) is 0 Å². The van der Waals surface area contributed by atoms with E-state index in [2.05, 4.69) is 20.5 Å². The average Bonchev–Trinajstić information content (AvgIpc) is 3.17. The monoisotopic (exact) mass is 336 g/mol. The predicted octanol–water partition coefficient (Wildman–Crippen LogP) is 1.97. The molecule has 1 aromatic heterocycles. The number of aromatic nitrogens is 3. The minimum absolute atomic E-state index is 0.0661. The van der Waals surface area contributed by atoms with Gasteiger partial charge in [0.2, 0.25) is 5.91 Å². The number of nitrogens with zero attached hydrogens (tertiary/aromatic N) is 2. The number of hydrogen-bond acceptors (Lipinski definition) is 4. The van der Waals surface area contributed by atoms with Gasteiger partial charge in [-0.25, -0.2) is 13.8 Å². The summed E-state index contributed by atoms with van der Waals surface area (Å²) in [6.45, 7) is 2.29. The van der Waals surface area contributed by atoms with E-state index in [0.29, 0.717) is 24.7 Å². The number of amides is 1. The molecule has 128 valence electrons. The van der Waals surface area contributed by atoms with Gasteiger partial charge in [-0.2, -0.15) is 5.10 Å². The van der Waals surface area contributed by atoms with E-state index in [4.69, 9.17) is 4.74 Å². The highest BCUT2D eigenvalue weighted by atomic mass is 19.1. The molecule has 0 unspecified atom stereocenters. The Morgan fingerprint density at radius 1 is 1.46 bits per heavy atom. The van der Waals surface area contributed by atoms with Crippen LogP contribution in [0.4, 0.5) is 8.78 Å². The summed E-state index contributed by atoms with van der Waals surface area (Å²) < 4.78 is 32.3. The van der Waals surface area contributed by atoms with Crippen molar-refractivity contribution in [2.75, 3.05) is 6.61 Å². The molecule has 0 bridgehead atoms. The maximum Gasteiger partial charge on any atom is 0.220 e. The summed E-state index contributed by atoms with van der Waals surface area (Å²) in [5, 5.41) is 9.68. The minimum atomic E-state index is -0.518. The molecule has 8 heteroatoms. The fourth-order valence-corrected chi connectivity index (χ4v) is 2.74. The number of H-pyrrole nitrogens is 1. The van der Waals surface area contributed by atoms with Crippen molar-refractivity contribution in [3.05, 3.63) is 47.0 Å². The molecule has 0 aliphatic carbocycles. The van der Waals surface area contributed by atoms with Crippen molar-refractivity contribution in [1.29, 1.82) is 0 Å². The van der Waals surface area contributed by atoms with E-state index < -0.39 is 17.7 Å². The van der Waals surface area contributed by atoms with E-state index in [-0.39, 0.29) is 30.4 Å². The van der Waals surface area contributed by atoms with Crippen molar-refractivity contribution < 1.29 is 18.3 Å². The third-order valence-electron chi connectivity index (χ3n) is 3.94. The Morgan fingerprint density at radius 3 is 3.04 bits per heavy atom. The number of aryl methyl sites for hydroxylation is 2. The molecular formula is C16H18F2N4O2. The van der Waals surface area contributed by atoms with Crippen LogP contribution >= 0.6 is 0 Å². The van der Waals surface area contributed by atoms with Crippen molar-refractivity contribution in [3.63, 3.8) is 0 Å². The van der Waals surface area contributed by atoms with Crippen LogP contribution in [0, 0.1) is 18.6 Å². The molecule has 0 radical (unpaired) electrons. The second-order valence-corrected chi connectivity index (χ2v) is 5.77. The number of nitrogens with one attached hydrogen (secondary N) is 2. The first-order chi connectivity index (χ1) is 11.5. The summed E-state index contributed by atoms with van der Waals surface area (Å²) >= 11 is 0. The molecule has 0 spiro atoms. The molecule has 24 heavy (non-hydrogen) atoms. The van der Waals surface area contributed by atoms with Gasteiger partial charge >= 0.3 is 0 Å². The van der Waals surface area contributed by atoms with Crippen LogP contribution in [0.1, 0.15) is 36.2 Å². The first-order valence-electron chi connectivity index (χ1n) is 7.76. The molecule has 1 aliphatic heterocycles. The maximum absolute atomic E-state index is 13.6. The molecule has 1 aromatic carbocycles. The largest absolute Gasteiger partial charge is 0.368 e. The van der Waals surface area contributed by atoms with Crippen LogP contribution < -0.4 is 5.32 Å². The van der Waals surface area contributed by atoms with Gasteiger partial charge in [-0.3, -0.25) is 9.89 Å². The second-order valence-electron chi connectivity index (χ2n) is 5.77. The lowest BCUT2D eigenvalue weighted by molar-refractivity contribution is -0.122. The van der Waals surface area contributed by atoms with Crippen LogP contribution in [-0.2, 0) is 16.0 Å². The van der Waals surface area contributed by atoms with Crippen LogP contribution in [0.5, 0.6) is 0 Å². The van der Waals surface area contributed by atoms with Gasteiger partial charge in [0.05, 0.1) is 6.04 Å². The third kappa shape index (κ3) is 3.76. The number of carbonyl (C=O) groups is 1. The Hall–Kier alpha value is -2.35. The molecule has 2 heterocycles. The summed E-state index contributed by atoms with van der Waals surface area (Å²) in [4.78, 5) is 16.4. The van der Waals surface area contributed by atoms with E-state index in [0.717, 1.165) is 18.2 Å². The fourth-order valence-electron chi connectivity index (χ4n) is 2.74. The lowest BCUT2D eigenvalue weighted by Gasteiger charge is -2.17. The number of benzene rings is 1. The van der Waals surface area contributed by atoms with Crippen molar-refractivity contribution in [2.45, 2.75) is 38.3 Å². The molecule has 2 atom stereocenters. The fraction of sp³-hybridized carbons (Fsp3) is 0.438. The number of halogens is 2. The molecule has 2 N–H and O–H groups in total. The Balaban J connectivity index is 1.57. The molecule has 1 amide bonds. The zero-order valence-corrected chi connectivity index (χ0v) is 13.2. The second kappa shape index (κ2) is 7.04. The number of aromatic amines is 1. The van der Waals surface area contributed by atoms with Gasteiger partial charge in [0.1, 0.15) is 23.6 Å². The SMILES string of the molecule is Cc1nc([C@@H]2OCC[C@@H]2NC(=O)CCc2cc(F)ccc2F)n[nH]1. The molecule has 2 aromatic rings. The van der Waals surface area contributed by atoms with Gasteiger partial charge in [0, 0.05) is 13.0 Å². The van der Waals surface area contributed by atoms with Gasteiger partial charge < -0.3 is 10.1 Å². The predicted molar refractivity (Wildman–Crippen MR) is 81.0 cm³/mol. The molecule has 6 nitrogen and oxygen atoms in total. The van der Waals surface area contributed by atoms with Gasteiger partial charge in [-0.15, -0.1) is 0 Å². The third-order valence-corrected chi connectivity index (χ3v) is 3.94. The Morgan fingerprint density at radius 2 is 2.29 bits per heavy atom. The van der Waals surface area contributed by atoms with Crippen molar-refractivity contribution in [2.24, 2.45) is 0 Å². The molecule has 0 saturated carbocycles. The van der Waals surface area contributed by atoms with Crippen molar-refractivity contribution in [1.82, 2.24) is 20.5 Å². The van der Waals surface area contributed by atoms with Crippen molar-refractivity contribution in [3.8, 4) is 0 Å². The normalized spacial score (nSPS) is 20.3. The van der Waals surface area contributed by atoms with E-state index in [9.17, 15) is 13.6 Å². The zero-order chi connectivity index (χ0) is 17.1. The standard InChI is InChI=1S/C16H18F2N4O2/c1-9-19-16(22-21-9)15-13(6-7-24-15)20-14(23)5-2-10-8-11(17)3-4-12(10)18/h3-4,8,13,15H,2,5-7H2,1H3,(H,20,23)(H,19,21,22)/t13-,15+/m0/s1. The summed E-state index contributed by atoms with van der Waals surface area (Å²) in [5.41, 5.74) is 0.189. The first-order valence-corrected chi connectivity index (χ1v) is 7.76. The van der Waals surface area contributed by atoms with Crippen molar-refractivity contribution >= 4 is 5.91 Å². The number of carbonyl (C=O) groups excluding carboxylic acids is 1. The topological polar surface area (TPSA) is 79.9 Å². The zero-order valence-electron chi connectivity index (χ0n) is 13.2. The number of rotatable bonds is 5. The first kappa shape index (κ1) is 16.5. The minimum Gasteiger partial charge on any atom is -0.368 e. The Bertz CT molecular complexity index is 735. The number of ether oxygens (including phenoxy) is 1. The highest BCUT2D eigenvalue weighted by molar-refractivity contribution is 5.76. The summed E-state index contributed by atoms with van der Waals surface area (Å²) in [6, 6.07) is 3.00. The molecule has 3 rings (SSSR count). The summed E-state index contributed by atoms with van der Waals surface area (Å²) in [5.74, 6) is -0.0939.